The molecule has 9 nitrogen and oxygen atoms in total. The Balaban J connectivity index is 0.000000105. The van der Waals surface area contributed by atoms with Gasteiger partial charge < -0.3 is 27.4 Å². The number of benzene rings is 24. The van der Waals surface area contributed by atoms with Gasteiger partial charge in [-0.05, 0) is 228 Å². The van der Waals surface area contributed by atoms with Gasteiger partial charge in [0.25, 0.3) is 0 Å². The fraction of sp³-hybridized carbons (Fsp3) is 0. The molecule has 0 N–H and O–H groups in total. The molecule has 0 fully saturated rings. The van der Waals surface area contributed by atoms with Crippen molar-refractivity contribution in [2.45, 2.75) is 0 Å². The van der Waals surface area contributed by atoms with E-state index in [2.05, 4.69) is 493 Å². The van der Waals surface area contributed by atoms with Gasteiger partial charge in [0.1, 0.15) is 0 Å². The summed E-state index contributed by atoms with van der Waals surface area (Å²) in [6, 6.07) is 180. The highest BCUT2D eigenvalue weighted by molar-refractivity contribution is 6.23. The molecule has 0 aliphatic heterocycles. The molecule has 0 aliphatic rings. The van der Waals surface area contributed by atoms with E-state index in [4.69, 9.17) is 6.57 Å². The lowest BCUT2D eigenvalue weighted by Gasteiger charge is -2.16. The Morgan fingerprint density at radius 3 is 0.896 bits per heavy atom. The molecule has 0 aliphatic carbocycles. The van der Waals surface area contributed by atoms with Crippen LogP contribution < -0.4 is 0 Å². The van der Waals surface area contributed by atoms with E-state index in [-0.39, 0.29) is 0 Å². The highest BCUT2D eigenvalue weighted by Crippen LogP contribution is 2.49. The third-order valence-electron chi connectivity index (χ3n) is 29.7. The largest absolute Gasteiger partial charge is 0.309 e. The zero-order chi connectivity index (χ0) is 95.3. The first-order valence-corrected chi connectivity index (χ1v) is 48.7. The lowest BCUT2D eigenvalue weighted by molar-refractivity contribution is 1.18. The van der Waals surface area contributed by atoms with E-state index in [0.29, 0.717) is 16.8 Å². The van der Waals surface area contributed by atoms with E-state index in [1.54, 1.807) is 0 Å². The fourth-order valence-corrected chi connectivity index (χ4v) is 23.3. The molecule has 0 amide bonds. The molecule has 0 atom stereocenters. The molecule has 0 saturated heterocycles. The van der Waals surface area contributed by atoms with Crippen molar-refractivity contribution in [1.82, 2.24) is 27.4 Å². The van der Waals surface area contributed by atoms with Crippen LogP contribution in [0.15, 0.2) is 491 Å². The van der Waals surface area contributed by atoms with Crippen LogP contribution in [0.2, 0.25) is 0 Å². The van der Waals surface area contributed by atoms with Crippen molar-refractivity contribution in [3.05, 3.63) is 514 Å². The van der Waals surface area contributed by atoms with Crippen LogP contribution in [0.5, 0.6) is 0 Å². The molecule has 666 valence electrons. The van der Waals surface area contributed by atoms with Crippen LogP contribution in [0.25, 0.3) is 268 Å². The summed E-state index contributed by atoms with van der Waals surface area (Å²) in [5.74, 6) is 0. The number of fused-ring (bicyclic) bond motifs is 27. The molecule has 0 bridgehead atoms. The molecule has 0 unspecified atom stereocenters. The summed E-state index contributed by atoms with van der Waals surface area (Å²) in [6.45, 7) is 7.63. The smallest absolute Gasteiger partial charge is 0.187 e. The first kappa shape index (κ1) is 82.4. The van der Waals surface area contributed by atoms with E-state index in [9.17, 15) is 10.5 Å². The Labute approximate surface area is 826 Å². The first-order chi connectivity index (χ1) is 71.3. The number of nitriles is 2. The normalized spacial score (nSPS) is 11.7. The average molecular weight is 1830 g/mol. The maximum absolute atomic E-state index is 9.68. The molecule has 0 radical (unpaired) electrons. The number of hydrogen-bond donors (Lipinski definition) is 0. The van der Waals surface area contributed by atoms with Crippen LogP contribution in [-0.2, 0) is 0 Å². The zero-order valence-corrected chi connectivity index (χ0v) is 77.8. The molecule has 24 aromatic carbocycles. The summed E-state index contributed by atoms with van der Waals surface area (Å²) in [5, 5.41) is 47.6. The lowest BCUT2D eigenvalue weighted by atomic mass is 9.98. The van der Waals surface area contributed by atoms with Crippen LogP contribution in [0.1, 0.15) is 11.1 Å². The monoisotopic (exact) mass is 1830 g/mol. The predicted octanol–water partition coefficient (Wildman–Crippen LogP) is 35.9. The topological polar surface area (TPSA) is 81.5 Å². The second kappa shape index (κ2) is 33.2. The van der Waals surface area contributed by atoms with Gasteiger partial charge in [-0.25, -0.2) is 4.85 Å². The van der Waals surface area contributed by atoms with E-state index < -0.39 is 0 Å². The second-order valence-corrected chi connectivity index (χ2v) is 37.4. The second-order valence-electron chi connectivity index (χ2n) is 37.4. The van der Waals surface area contributed by atoms with E-state index in [0.717, 1.165) is 104 Å². The van der Waals surface area contributed by atoms with Crippen molar-refractivity contribution in [3.8, 4) is 79.6 Å². The SMILES string of the molecule is N#Cc1ccc2cc(-n3c4ccccc4c4cccc(-c5ccc6c7ccccc7n(-c7ccccc7)c6c5)c43)c3ccccc3c2c1.N#Cc1ccc2ccc3cc(-n4c5ccccc5c5cccc(-c6ccc7c8ccccc8n(-c8ccccc8)c7c6)c54)ccc3c2c1.[C-]#[N+]c1ccc2ccc3ccc(-n4c5ccccc5c5cccc(-c6ccc7c8ccccc8n(-c8ccccc8)c7c6)c54)cc3c2c1. The molecule has 6 aromatic heterocycles. The van der Waals surface area contributed by atoms with Gasteiger partial charge in [0, 0.05) is 115 Å². The summed E-state index contributed by atoms with van der Waals surface area (Å²) >= 11 is 0. The predicted molar refractivity (Wildman–Crippen MR) is 602 cm³/mol. The van der Waals surface area contributed by atoms with Gasteiger partial charge in [0.05, 0.1) is 102 Å². The number of rotatable bonds is 9. The minimum Gasteiger partial charge on any atom is -0.309 e. The van der Waals surface area contributed by atoms with Crippen molar-refractivity contribution in [3.63, 3.8) is 0 Å². The van der Waals surface area contributed by atoms with Gasteiger partial charge in [-0.3, -0.25) is 0 Å². The van der Waals surface area contributed by atoms with Crippen LogP contribution in [-0.4, -0.2) is 27.4 Å². The summed E-state index contributed by atoms with van der Waals surface area (Å²) in [6.07, 6.45) is 0. The van der Waals surface area contributed by atoms with Crippen molar-refractivity contribution in [2.24, 2.45) is 0 Å². The van der Waals surface area contributed by atoms with Gasteiger partial charge in [0.2, 0.25) is 0 Å². The zero-order valence-electron chi connectivity index (χ0n) is 77.8. The van der Waals surface area contributed by atoms with Gasteiger partial charge in [-0.2, -0.15) is 10.5 Å². The third-order valence-corrected chi connectivity index (χ3v) is 29.7. The molecule has 0 saturated carbocycles. The summed E-state index contributed by atoms with van der Waals surface area (Å²) in [7, 11) is 0. The molecular weight excluding hydrogens is 1750 g/mol. The first-order valence-electron chi connectivity index (χ1n) is 48.7. The van der Waals surface area contributed by atoms with Crippen LogP contribution in [0, 0.1) is 29.2 Å². The number of aromatic nitrogens is 6. The molecule has 30 aromatic rings. The van der Waals surface area contributed by atoms with Crippen molar-refractivity contribution >= 4 is 201 Å². The lowest BCUT2D eigenvalue weighted by Crippen LogP contribution is -1.98. The Kier molecular flexibility index (Phi) is 19.0. The molecule has 30 rings (SSSR count). The van der Waals surface area contributed by atoms with Crippen molar-refractivity contribution in [2.75, 3.05) is 0 Å². The summed E-state index contributed by atoms with van der Waals surface area (Å²) in [5.41, 5.74) is 30.1. The molecule has 144 heavy (non-hydrogen) atoms. The fourth-order valence-electron chi connectivity index (χ4n) is 23.3. The quantitative estimate of drug-likeness (QED) is 0.107. The number of hydrogen-bond acceptors (Lipinski definition) is 2. The Bertz CT molecular complexity index is 10800. The Hall–Kier alpha value is -19.9. The van der Waals surface area contributed by atoms with Gasteiger partial charge in [0.15, 0.2) is 5.69 Å². The van der Waals surface area contributed by atoms with E-state index in [1.807, 2.05) is 42.5 Å². The molecule has 6 heterocycles. The van der Waals surface area contributed by atoms with Crippen LogP contribution >= 0.6 is 0 Å². The minimum absolute atomic E-state index is 0.655. The summed E-state index contributed by atoms with van der Waals surface area (Å²) < 4.78 is 14.5. The van der Waals surface area contributed by atoms with Crippen LogP contribution in [0.3, 0.4) is 0 Å². The molecular formula is C135H81N9. The van der Waals surface area contributed by atoms with Gasteiger partial charge >= 0.3 is 0 Å². The summed E-state index contributed by atoms with van der Waals surface area (Å²) in [4.78, 5) is 3.73. The Morgan fingerprint density at radius 2 is 0.465 bits per heavy atom. The Morgan fingerprint density at radius 1 is 0.174 bits per heavy atom. The molecule has 9 heteroatoms. The minimum atomic E-state index is 0.655. The van der Waals surface area contributed by atoms with Gasteiger partial charge in [-0.1, -0.05) is 340 Å². The standard InChI is InChI=1S/3C45H27N3/c1-46-32-23-20-29-18-19-30-21-24-34(28-41(30)40(29)27-32)48-43-17-8-6-13-37(43)39-15-9-14-35(45(39)48)31-22-25-38-36-12-5-7-16-42(36)47(44(38)26-31)33-10-3-2-4-11-33;46-28-29-17-18-30-19-20-31-26-34(22-24-35(31)41(30)25-29)48-43-16-7-5-12-38(43)40-14-8-13-36(45(40)48)32-21-23-39-37-11-4-6-15-42(37)47(44(39)27-32)33-9-2-1-3-10-33;46-28-29-21-22-31-27-44(35-14-5-4-13-34(35)40(31)25-29)48-42-20-9-7-16-37(42)39-18-10-17-33(45(39)48)30-23-24-38-36-15-6-8-19-41(36)47(43(38)26-30)32-11-2-1-3-12-32/h2-28H;2*1-27H. The van der Waals surface area contributed by atoms with Crippen molar-refractivity contribution in [1.29, 1.82) is 10.5 Å². The number of nitrogens with zero attached hydrogens (tertiary/aromatic N) is 9. The highest BCUT2D eigenvalue weighted by atomic mass is 15.0. The van der Waals surface area contributed by atoms with Crippen molar-refractivity contribution < 1.29 is 0 Å². The molecule has 0 spiro atoms. The maximum atomic E-state index is 9.68. The van der Waals surface area contributed by atoms with E-state index in [1.165, 1.54) is 159 Å². The average Bonchev–Trinajstić information content (AvgIpc) is 1.55. The van der Waals surface area contributed by atoms with Crippen LogP contribution in [0.4, 0.5) is 5.69 Å². The number of para-hydroxylation sites is 12. The maximum Gasteiger partial charge on any atom is 0.187 e. The highest BCUT2D eigenvalue weighted by Gasteiger charge is 2.26. The van der Waals surface area contributed by atoms with Gasteiger partial charge in [-0.15, -0.1) is 0 Å². The third kappa shape index (κ3) is 13.0. The van der Waals surface area contributed by atoms with E-state index >= 15 is 0 Å².